The minimum atomic E-state index is -4.98. The summed E-state index contributed by atoms with van der Waals surface area (Å²) < 4.78 is 94.5. The highest BCUT2D eigenvalue weighted by Crippen LogP contribution is 2.42. The zero-order chi connectivity index (χ0) is 28.7. The first-order chi connectivity index (χ1) is 18.2. The van der Waals surface area contributed by atoms with Gasteiger partial charge in [0.05, 0.1) is 23.2 Å². The molecule has 2 aromatic rings. The summed E-state index contributed by atoms with van der Waals surface area (Å²) in [5, 5.41) is 0. The van der Waals surface area contributed by atoms with E-state index in [-0.39, 0.29) is 17.5 Å². The SMILES string of the molecule is Cc1cc(F)ccc1[C@H]1[C@H](CN2CCCC2)CCN1C(=O)N(C)[C@H](C)c1cc(C(F)(F)F)cc(C(F)(F)F)c1. The zero-order valence-electron chi connectivity index (χ0n) is 22.0. The van der Waals surface area contributed by atoms with Gasteiger partial charge in [0, 0.05) is 20.1 Å². The van der Waals surface area contributed by atoms with Crippen molar-refractivity contribution < 1.29 is 35.5 Å². The number of nitrogens with zero attached hydrogens (tertiary/aromatic N) is 3. The van der Waals surface area contributed by atoms with Crippen LogP contribution < -0.4 is 0 Å². The van der Waals surface area contributed by atoms with E-state index in [1.807, 2.05) is 0 Å². The molecule has 0 aromatic heterocycles. The van der Waals surface area contributed by atoms with Gasteiger partial charge in [-0.3, -0.25) is 0 Å². The maximum Gasteiger partial charge on any atom is 0.416 e. The molecule has 0 saturated carbocycles. The number of carbonyl (C=O) groups is 1. The number of alkyl halides is 6. The van der Waals surface area contributed by atoms with Gasteiger partial charge in [-0.15, -0.1) is 0 Å². The molecule has 0 bridgehead atoms. The largest absolute Gasteiger partial charge is 0.416 e. The highest BCUT2D eigenvalue weighted by molar-refractivity contribution is 5.76. The average molecular weight is 560 g/mol. The van der Waals surface area contributed by atoms with Crippen LogP contribution >= 0.6 is 0 Å². The van der Waals surface area contributed by atoms with Crippen LogP contribution in [0.3, 0.4) is 0 Å². The van der Waals surface area contributed by atoms with Gasteiger partial charge >= 0.3 is 18.4 Å². The smallest absolute Gasteiger partial charge is 0.321 e. The molecule has 0 radical (unpaired) electrons. The number of hydrogen-bond donors (Lipinski definition) is 0. The Morgan fingerprint density at radius 1 is 0.974 bits per heavy atom. The van der Waals surface area contributed by atoms with E-state index in [0.29, 0.717) is 30.7 Å². The highest BCUT2D eigenvalue weighted by Gasteiger charge is 2.42. The van der Waals surface area contributed by atoms with Crippen molar-refractivity contribution in [1.29, 1.82) is 0 Å². The molecule has 2 amide bonds. The third-order valence-corrected chi connectivity index (χ3v) is 7.99. The molecule has 2 aliphatic heterocycles. The number of aryl methyl sites for hydroxylation is 1. The molecule has 2 heterocycles. The number of likely N-dealkylation sites (tertiary alicyclic amines) is 2. The maximum absolute atomic E-state index is 13.9. The number of carbonyl (C=O) groups excluding carboxylic acids is 1. The van der Waals surface area contributed by atoms with E-state index in [4.69, 9.17) is 0 Å². The molecule has 0 unspecified atom stereocenters. The van der Waals surface area contributed by atoms with Crippen molar-refractivity contribution in [2.45, 2.75) is 57.5 Å². The topological polar surface area (TPSA) is 26.8 Å². The Balaban J connectivity index is 1.65. The van der Waals surface area contributed by atoms with Crippen molar-refractivity contribution in [3.05, 3.63) is 70.0 Å². The lowest BCUT2D eigenvalue weighted by atomic mass is 9.90. The van der Waals surface area contributed by atoms with Crippen molar-refractivity contribution in [2.24, 2.45) is 5.92 Å². The van der Waals surface area contributed by atoms with E-state index in [1.54, 1.807) is 17.9 Å². The standard InChI is InChI=1S/C28H32F7N3O/c1-17-12-23(29)6-7-24(17)25-19(16-37-9-4-5-10-37)8-11-38(25)26(39)36(3)18(2)20-13-21(27(30,31)32)15-22(14-20)28(33,34)35/h6-7,12-15,18-19,25H,4-5,8-11,16H2,1-3H3/t18-,19+,25-/m1/s1. The second-order valence-electron chi connectivity index (χ2n) is 10.6. The van der Waals surface area contributed by atoms with Gasteiger partial charge in [-0.1, -0.05) is 6.07 Å². The molecular weight excluding hydrogens is 527 g/mol. The van der Waals surface area contributed by atoms with Crippen LogP contribution in [0.15, 0.2) is 36.4 Å². The molecule has 2 aliphatic rings. The quantitative estimate of drug-likeness (QED) is 0.356. The van der Waals surface area contributed by atoms with E-state index in [0.717, 1.165) is 38.0 Å². The summed E-state index contributed by atoms with van der Waals surface area (Å²) in [5.74, 6) is -0.357. The molecule has 0 N–H and O–H groups in total. The number of rotatable bonds is 5. The van der Waals surface area contributed by atoms with Gasteiger partial charge < -0.3 is 14.7 Å². The van der Waals surface area contributed by atoms with Crippen LogP contribution in [-0.4, -0.2) is 54.0 Å². The van der Waals surface area contributed by atoms with E-state index in [2.05, 4.69) is 4.90 Å². The fourth-order valence-corrected chi connectivity index (χ4v) is 5.76. The van der Waals surface area contributed by atoms with Gasteiger partial charge in [0.1, 0.15) is 5.82 Å². The highest BCUT2D eigenvalue weighted by atomic mass is 19.4. The summed E-state index contributed by atoms with van der Waals surface area (Å²) in [6.07, 6.45) is -7.12. The molecule has 0 aliphatic carbocycles. The van der Waals surface area contributed by atoms with Gasteiger partial charge in [0.2, 0.25) is 0 Å². The van der Waals surface area contributed by atoms with Gasteiger partial charge in [-0.2, -0.15) is 26.3 Å². The third kappa shape index (κ3) is 6.34. The molecular formula is C28H32F7N3O. The fourth-order valence-electron chi connectivity index (χ4n) is 5.76. The lowest BCUT2D eigenvalue weighted by Crippen LogP contribution is -2.43. The van der Waals surface area contributed by atoms with Crippen molar-refractivity contribution in [3.8, 4) is 0 Å². The van der Waals surface area contributed by atoms with E-state index in [9.17, 15) is 35.5 Å². The fraction of sp³-hybridized carbons (Fsp3) is 0.536. The molecule has 0 spiro atoms. The number of halogens is 7. The van der Waals surface area contributed by atoms with Crippen molar-refractivity contribution in [3.63, 3.8) is 0 Å². The predicted octanol–water partition coefficient (Wildman–Crippen LogP) is 7.44. The monoisotopic (exact) mass is 559 g/mol. The Bertz CT molecular complexity index is 1160. The first kappa shape index (κ1) is 29.2. The van der Waals surface area contributed by atoms with Crippen LogP contribution in [0, 0.1) is 18.7 Å². The predicted molar refractivity (Wildman–Crippen MR) is 132 cm³/mol. The third-order valence-electron chi connectivity index (χ3n) is 7.99. The molecule has 4 nitrogen and oxygen atoms in total. The van der Waals surface area contributed by atoms with Gasteiger partial charge in [-0.05, 0) is 99.1 Å². The Kier molecular flexibility index (Phi) is 8.21. The summed E-state index contributed by atoms with van der Waals surface area (Å²) >= 11 is 0. The number of benzene rings is 2. The summed E-state index contributed by atoms with van der Waals surface area (Å²) in [5.41, 5.74) is -1.66. The first-order valence-corrected chi connectivity index (χ1v) is 13.0. The van der Waals surface area contributed by atoms with E-state index in [1.165, 1.54) is 31.0 Å². The van der Waals surface area contributed by atoms with Crippen LogP contribution in [0.25, 0.3) is 0 Å². The Morgan fingerprint density at radius 2 is 1.56 bits per heavy atom. The van der Waals surface area contributed by atoms with Crippen molar-refractivity contribution >= 4 is 6.03 Å². The minimum absolute atomic E-state index is 0.0466. The molecule has 11 heteroatoms. The van der Waals surface area contributed by atoms with E-state index >= 15 is 0 Å². The Morgan fingerprint density at radius 3 is 2.10 bits per heavy atom. The van der Waals surface area contributed by atoms with Crippen LogP contribution in [0.5, 0.6) is 0 Å². The zero-order valence-corrected chi connectivity index (χ0v) is 22.0. The number of urea groups is 1. The lowest BCUT2D eigenvalue weighted by Gasteiger charge is -2.36. The summed E-state index contributed by atoms with van der Waals surface area (Å²) in [4.78, 5) is 18.9. The van der Waals surface area contributed by atoms with Crippen LogP contribution in [0.1, 0.15) is 66.1 Å². The molecule has 2 fully saturated rings. The van der Waals surface area contributed by atoms with Crippen LogP contribution in [0.4, 0.5) is 35.5 Å². The molecule has 4 rings (SSSR count). The summed E-state index contributed by atoms with van der Waals surface area (Å²) in [6, 6.07) is 3.80. The Hall–Kier alpha value is -2.82. The van der Waals surface area contributed by atoms with Gasteiger partial charge in [0.15, 0.2) is 0 Å². The maximum atomic E-state index is 13.9. The second kappa shape index (κ2) is 11.0. The molecule has 2 saturated heterocycles. The normalized spacial score (nSPS) is 21.4. The van der Waals surface area contributed by atoms with Crippen LogP contribution in [-0.2, 0) is 12.4 Å². The van der Waals surface area contributed by atoms with Gasteiger partial charge in [-0.25, -0.2) is 9.18 Å². The molecule has 39 heavy (non-hydrogen) atoms. The molecule has 2 aromatic carbocycles. The van der Waals surface area contributed by atoms with Crippen molar-refractivity contribution in [2.75, 3.05) is 33.2 Å². The lowest BCUT2D eigenvalue weighted by molar-refractivity contribution is -0.143. The first-order valence-electron chi connectivity index (χ1n) is 13.0. The summed E-state index contributed by atoms with van der Waals surface area (Å²) in [6.45, 7) is 6.18. The van der Waals surface area contributed by atoms with E-state index < -0.39 is 47.4 Å². The van der Waals surface area contributed by atoms with Crippen molar-refractivity contribution in [1.82, 2.24) is 14.7 Å². The van der Waals surface area contributed by atoms with Crippen LogP contribution in [0.2, 0.25) is 0 Å². The Labute approximate surface area is 223 Å². The minimum Gasteiger partial charge on any atom is -0.321 e. The molecule has 214 valence electrons. The summed E-state index contributed by atoms with van der Waals surface area (Å²) in [7, 11) is 1.38. The average Bonchev–Trinajstić information content (AvgIpc) is 3.52. The second-order valence-corrected chi connectivity index (χ2v) is 10.6. The van der Waals surface area contributed by atoms with Gasteiger partial charge in [0.25, 0.3) is 0 Å². The molecule has 3 atom stereocenters. The number of hydrogen-bond acceptors (Lipinski definition) is 2. The number of amides is 2.